The summed E-state index contributed by atoms with van der Waals surface area (Å²) in [5.74, 6) is 0. The fraction of sp³-hybridized carbons (Fsp3) is 0.455. The Morgan fingerprint density at radius 3 is 2.75 bits per heavy atom. The highest BCUT2D eigenvalue weighted by molar-refractivity contribution is 6.41. The molecule has 0 spiro atoms. The molecule has 1 heterocycles. The van der Waals surface area contributed by atoms with E-state index in [0.717, 1.165) is 5.56 Å². The van der Waals surface area contributed by atoms with Gasteiger partial charge in [0.2, 0.25) is 0 Å². The van der Waals surface area contributed by atoms with Crippen molar-refractivity contribution in [1.82, 2.24) is 5.32 Å². The van der Waals surface area contributed by atoms with Crippen molar-refractivity contribution < 1.29 is 9.13 Å². The van der Waals surface area contributed by atoms with Gasteiger partial charge in [-0.3, -0.25) is 0 Å². The third kappa shape index (κ3) is 2.86. The van der Waals surface area contributed by atoms with Gasteiger partial charge in [-0.2, -0.15) is 0 Å². The van der Waals surface area contributed by atoms with Crippen molar-refractivity contribution in [3.63, 3.8) is 0 Å². The van der Waals surface area contributed by atoms with Gasteiger partial charge in [-0.1, -0.05) is 29.3 Å². The van der Waals surface area contributed by atoms with Crippen molar-refractivity contribution in [2.75, 3.05) is 13.1 Å². The Morgan fingerprint density at radius 1 is 1.31 bits per heavy atom. The molecule has 0 aromatic heterocycles. The van der Waals surface area contributed by atoms with Crippen LogP contribution in [-0.4, -0.2) is 25.4 Å². The van der Waals surface area contributed by atoms with Crippen molar-refractivity contribution in [3.05, 3.63) is 33.8 Å². The van der Waals surface area contributed by atoms with Crippen molar-refractivity contribution in [2.45, 2.75) is 18.9 Å². The molecule has 0 saturated carbocycles. The first-order chi connectivity index (χ1) is 7.66. The van der Waals surface area contributed by atoms with E-state index in [4.69, 9.17) is 27.9 Å². The molecule has 2 rings (SSSR count). The molecule has 2 nitrogen and oxygen atoms in total. The van der Waals surface area contributed by atoms with Crippen LogP contribution in [0.2, 0.25) is 10.0 Å². The van der Waals surface area contributed by atoms with E-state index in [0.29, 0.717) is 29.7 Å². The second-order valence-corrected chi connectivity index (χ2v) is 4.59. The number of halogens is 3. The number of nitrogens with one attached hydrogen (secondary N) is 1. The van der Waals surface area contributed by atoms with Crippen molar-refractivity contribution in [3.8, 4) is 0 Å². The average Bonchev–Trinajstić information content (AvgIpc) is 2.66. The summed E-state index contributed by atoms with van der Waals surface area (Å²) >= 11 is 11.7. The van der Waals surface area contributed by atoms with Crippen molar-refractivity contribution >= 4 is 23.2 Å². The number of ether oxygens (including phenoxy) is 1. The van der Waals surface area contributed by atoms with Gasteiger partial charge >= 0.3 is 0 Å². The van der Waals surface area contributed by atoms with E-state index in [1.54, 1.807) is 12.1 Å². The summed E-state index contributed by atoms with van der Waals surface area (Å²) in [7, 11) is 0. The Morgan fingerprint density at radius 2 is 2.12 bits per heavy atom. The van der Waals surface area contributed by atoms with E-state index in [1.165, 1.54) is 0 Å². The summed E-state index contributed by atoms with van der Waals surface area (Å²) in [5.41, 5.74) is 0.897. The summed E-state index contributed by atoms with van der Waals surface area (Å²) in [6.45, 7) is 1.28. The second-order valence-electron chi connectivity index (χ2n) is 3.77. The molecule has 1 N–H and O–H groups in total. The van der Waals surface area contributed by atoms with Gasteiger partial charge < -0.3 is 10.1 Å². The zero-order valence-electron chi connectivity index (χ0n) is 8.55. The standard InChI is InChI=1S/C11H12Cl2FNO/c12-8-2-1-7(3-9(8)13)6-16-11-5-15-4-10(11)14/h1-3,10-11,15H,4-6H2. The first-order valence-electron chi connectivity index (χ1n) is 5.07. The van der Waals surface area contributed by atoms with E-state index in [9.17, 15) is 4.39 Å². The maximum Gasteiger partial charge on any atom is 0.140 e. The van der Waals surface area contributed by atoms with Gasteiger partial charge in [-0.25, -0.2) is 4.39 Å². The highest BCUT2D eigenvalue weighted by Gasteiger charge is 2.27. The van der Waals surface area contributed by atoms with Gasteiger partial charge in [-0.05, 0) is 17.7 Å². The van der Waals surface area contributed by atoms with Crippen molar-refractivity contribution in [1.29, 1.82) is 0 Å². The van der Waals surface area contributed by atoms with Gasteiger partial charge in [0.25, 0.3) is 0 Å². The van der Waals surface area contributed by atoms with E-state index >= 15 is 0 Å². The molecule has 1 aliphatic rings. The lowest BCUT2D eigenvalue weighted by molar-refractivity contribution is 0.0139. The van der Waals surface area contributed by atoms with Gasteiger partial charge in [0.05, 0.1) is 16.7 Å². The number of benzene rings is 1. The minimum Gasteiger partial charge on any atom is -0.369 e. The SMILES string of the molecule is FC1CNCC1OCc1ccc(Cl)c(Cl)c1. The van der Waals surface area contributed by atoms with Crippen LogP contribution in [0, 0.1) is 0 Å². The highest BCUT2D eigenvalue weighted by atomic mass is 35.5. The number of rotatable bonds is 3. The number of alkyl halides is 1. The molecule has 2 unspecified atom stereocenters. The molecular weight excluding hydrogens is 252 g/mol. The van der Waals surface area contributed by atoms with Crippen LogP contribution in [-0.2, 0) is 11.3 Å². The molecule has 1 aliphatic heterocycles. The molecule has 2 atom stereocenters. The zero-order chi connectivity index (χ0) is 11.5. The second kappa shape index (κ2) is 5.32. The number of hydrogen-bond donors (Lipinski definition) is 1. The van der Waals surface area contributed by atoms with E-state index in [1.807, 2.05) is 6.07 Å². The largest absolute Gasteiger partial charge is 0.369 e. The summed E-state index contributed by atoms with van der Waals surface area (Å²) in [5, 5.41) is 3.93. The summed E-state index contributed by atoms with van der Waals surface area (Å²) in [4.78, 5) is 0. The molecule has 1 aromatic rings. The highest BCUT2D eigenvalue weighted by Crippen LogP contribution is 2.23. The fourth-order valence-electron chi connectivity index (χ4n) is 1.62. The topological polar surface area (TPSA) is 21.3 Å². The van der Waals surface area contributed by atoms with Crippen molar-refractivity contribution in [2.24, 2.45) is 0 Å². The molecule has 0 bridgehead atoms. The average molecular weight is 264 g/mol. The normalized spacial score (nSPS) is 24.9. The van der Waals surface area contributed by atoms with E-state index < -0.39 is 6.17 Å². The molecule has 0 radical (unpaired) electrons. The van der Waals surface area contributed by atoms with Crippen LogP contribution in [0.5, 0.6) is 0 Å². The number of hydrogen-bond acceptors (Lipinski definition) is 2. The van der Waals surface area contributed by atoms with Crippen LogP contribution >= 0.6 is 23.2 Å². The molecule has 1 fully saturated rings. The van der Waals surface area contributed by atoms with Crippen LogP contribution in [0.3, 0.4) is 0 Å². The maximum absolute atomic E-state index is 13.2. The van der Waals surface area contributed by atoms with Crippen LogP contribution in [0.4, 0.5) is 4.39 Å². The van der Waals surface area contributed by atoms with Crippen LogP contribution in [0.25, 0.3) is 0 Å². The Hall–Kier alpha value is -0.350. The predicted molar refractivity (Wildman–Crippen MR) is 62.8 cm³/mol. The molecule has 16 heavy (non-hydrogen) atoms. The molecule has 1 saturated heterocycles. The minimum atomic E-state index is -0.928. The lowest BCUT2D eigenvalue weighted by Gasteiger charge is -2.13. The predicted octanol–water partition coefficient (Wildman–Crippen LogP) is 2.82. The summed E-state index contributed by atoms with van der Waals surface area (Å²) in [6, 6.07) is 5.27. The van der Waals surface area contributed by atoms with Crippen LogP contribution < -0.4 is 5.32 Å². The third-order valence-corrected chi connectivity index (χ3v) is 3.28. The molecular formula is C11H12Cl2FNO. The minimum absolute atomic E-state index is 0.351. The lowest BCUT2D eigenvalue weighted by atomic mass is 10.2. The first-order valence-corrected chi connectivity index (χ1v) is 5.83. The monoisotopic (exact) mass is 263 g/mol. The van der Waals surface area contributed by atoms with Gasteiger partial charge in [-0.15, -0.1) is 0 Å². The van der Waals surface area contributed by atoms with E-state index in [-0.39, 0.29) is 6.10 Å². The van der Waals surface area contributed by atoms with Crippen LogP contribution in [0.15, 0.2) is 18.2 Å². The fourth-order valence-corrected chi connectivity index (χ4v) is 1.94. The smallest absolute Gasteiger partial charge is 0.140 e. The Balaban J connectivity index is 1.91. The molecule has 88 valence electrons. The Labute approximate surface area is 104 Å². The van der Waals surface area contributed by atoms with Gasteiger partial charge in [0.15, 0.2) is 0 Å². The first kappa shape index (κ1) is 12.1. The molecule has 1 aromatic carbocycles. The molecule has 5 heteroatoms. The maximum atomic E-state index is 13.2. The quantitative estimate of drug-likeness (QED) is 0.906. The van der Waals surface area contributed by atoms with Gasteiger partial charge in [0.1, 0.15) is 12.3 Å². The molecule has 0 amide bonds. The van der Waals surface area contributed by atoms with Gasteiger partial charge in [0, 0.05) is 13.1 Å². The van der Waals surface area contributed by atoms with E-state index in [2.05, 4.69) is 5.32 Å². The molecule has 0 aliphatic carbocycles. The third-order valence-electron chi connectivity index (χ3n) is 2.54. The summed E-state index contributed by atoms with van der Waals surface area (Å²) in [6.07, 6.45) is -1.29. The zero-order valence-corrected chi connectivity index (χ0v) is 10.1. The lowest BCUT2D eigenvalue weighted by Crippen LogP contribution is -2.23. The van der Waals surface area contributed by atoms with Crippen LogP contribution in [0.1, 0.15) is 5.56 Å². The Bertz CT molecular complexity index is 375. The Kier molecular flexibility index (Phi) is 4.03. The summed E-state index contributed by atoms with van der Waals surface area (Å²) < 4.78 is 18.7.